The van der Waals surface area contributed by atoms with Crippen molar-refractivity contribution in [3.05, 3.63) is 12.2 Å². The lowest BCUT2D eigenvalue weighted by atomic mass is 10.1. The number of rotatable bonds is 13. The van der Waals surface area contributed by atoms with Crippen molar-refractivity contribution in [2.45, 2.75) is 84.0 Å². The van der Waals surface area contributed by atoms with Crippen molar-refractivity contribution in [2.24, 2.45) is 0 Å². The summed E-state index contributed by atoms with van der Waals surface area (Å²) in [5, 5.41) is 0. The average Bonchev–Trinajstić information content (AvgIpc) is 2.43. The van der Waals surface area contributed by atoms with E-state index in [4.69, 9.17) is 0 Å². The van der Waals surface area contributed by atoms with Gasteiger partial charge in [-0.25, -0.2) is 0 Å². The first kappa shape index (κ1) is 18.2. The molecule has 0 spiro atoms. The van der Waals surface area contributed by atoms with Crippen LogP contribution in [-0.4, -0.2) is 13.1 Å². The fourth-order valence-electron chi connectivity index (χ4n) is 2.09. The van der Waals surface area contributed by atoms with Gasteiger partial charge in [-0.15, -0.1) is 0 Å². The lowest BCUT2D eigenvalue weighted by Crippen LogP contribution is -1.98. The van der Waals surface area contributed by atoms with Gasteiger partial charge in [-0.2, -0.15) is 0 Å². The zero-order chi connectivity index (χ0) is 14.2. The van der Waals surface area contributed by atoms with Gasteiger partial charge in [-0.1, -0.05) is 57.6 Å². The zero-order valence-electron chi connectivity index (χ0n) is 13.0. The minimum Gasteiger partial charge on any atom is -0.469 e. The number of unbranched alkanes of at least 4 members (excludes halogenated alkanes) is 9. The van der Waals surface area contributed by atoms with Crippen LogP contribution in [0.15, 0.2) is 12.2 Å². The molecule has 0 heterocycles. The normalized spacial score (nSPS) is 11.1. The maximum Gasteiger partial charge on any atom is 0.305 e. The van der Waals surface area contributed by atoms with Crippen LogP contribution in [0, 0.1) is 0 Å². The molecule has 0 N–H and O–H groups in total. The van der Waals surface area contributed by atoms with Gasteiger partial charge >= 0.3 is 5.97 Å². The molecule has 0 saturated carbocycles. The molecule has 0 unspecified atom stereocenters. The zero-order valence-corrected chi connectivity index (χ0v) is 13.0. The molecule has 0 aromatic heterocycles. The molecule has 0 aliphatic carbocycles. The van der Waals surface area contributed by atoms with Gasteiger partial charge in [0.25, 0.3) is 0 Å². The van der Waals surface area contributed by atoms with Gasteiger partial charge in [0, 0.05) is 6.42 Å². The first-order chi connectivity index (χ1) is 9.31. The second-order valence-electron chi connectivity index (χ2n) is 5.20. The second kappa shape index (κ2) is 15.3. The Hall–Kier alpha value is -0.790. The van der Waals surface area contributed by atoms with Crippen molar-refractivity contribution in [1.82, 2.24) is 0 Å². The summed E-state index contributed by atoms with van der Waals surface area (Å²) >= 11 is 0. The highest BCUT2D eigenvalue weighted by molar-refractivity contribution is 5.68. The van der Waals surface area contributed by atoms with E-state index in [-0.39, 0.29) is 5.97 Å². The van der Waals surface area contributed by atoms with E-state index >= 15 is 0 Å². The fourth-order valence-corrected chi connectivity index (χ4v) is 2.09. The molecule has 112 valence electrons. The summed E-state index contributed by atoms with van der Waals surface area (Å²) in [7, 11) is 1.45. The predicted octanol–water partition coefficient (Wildman–Crippen LogP) is 5.42. The Morgan fingerprint density at radius 1 is 0.842 bits per heavy atom. The van der Waals surface area contributed by atoms with E-state index in [0.717, 1.165) is 19.3 Å². The van der Waals surface area contributed by atoms with Crippen molar-refractivity contribution in [1.29, 1.82) is 0 Å². The van der Waals surface area contributed by atoms with E-state index in [1.165, 1.54) is 58.5 Å². The minimum atomic E-state index is -0.0907. The number of carbonyl (C=O) groups is 1. The van der Waals surface area contributed by atoms with Crippen LogP contribution in [-0.2, 0) is 9.53 Å². The standard InChI is InChI=1S/C17H32O2/c1-3-4-5-6-7-8-9-10-11-12-13-14-15-16-17(18)19-2/h11-12H,3-10,13-16H2,1-2H3/b12-11+. The molecule has 0 atom stereocenters. The Morgan fingerprint density at radius 2 is 1.37 bits per heavy atom. The number of ether oxygens (including phenoxy) is 1. The van der Waals surface area contributed by atoms with Crippen LogP contribution >= 0.6 is 0 Å². The van der Waals surface area contributed by atoms with Crippen LogP contribution in [0.2, 0.25) is 0 Å². The number of allylic oxidation sites excluding steroid dienone is 2. The molecule has 0 fully saturated rings. The molecular formula is C17H32O2. The molecular weight excluding hydrogens is 236 g/mol. The largest absolute Gasteiger partial charge is 0.469 e. The smallest absolute Gasteiger partial charge is 0.305 e. The SMILES string of the molecule is CCCCCCCCC/C=C/CCCCC(=O)OC. The lowest BCUT2D eigenvalue weighted by molar-refractivity contribution is -0.140. The Bertz CT molecular complexity index is 221. The third-order valence-electron chi connectivity index (χ3n) is 3.37. The van der Waals surface area contributed by atoms with Crippen LogP contribution < -0.4 is 0 Å². The topological polar surface area (TPSA) is 26.3 Å². The Kier molecular flexibility index (Phi) is 14.6. The van der Waals surface area contributed by atoms with E-state index in [9.17, 15) is 4.79 Å². The van der Waals surface area contributed by atoms with Crippen molar-refractivity contribution in [3.63, 3.8) is 0 Å². The Balaban J connectivity index is 3.11. The van der Waals surface area contributed by atoms with Crippen molar-refractivity contribution >= 4 is 5.97 Å². The van der Waals surface area contributed by atoms with Crippen molar-refractivity contribution < 1.29 is 9.53 Å². The van der Waals surface area contributed by atoms with Gasteiger partial charge in [-0.3, -0.25) is 4.79 Å². The summed E-state index contributed by atoms with van der Waals surface area (Å²) in [5.41, 5.74) is 0. The highest BCUT2D eigenvalue weighted by atomic mass is 16.5. The summed E-state index contributed by atoms with van der Waals surface area (Å²) in [6.07, 6.45) is 19.1. The van der Waals surface area contributed by atoms with E-state index in [1.807, 2.05) is 0 Å². The average molecular weight is 268 g/mol. The van der Waals surface area contributed by atoms with E-state index in [1.54, 1.807) is 0 Å². The summed E-state index contributed by atoms with van der Waals surface area (Å²) < 4.78 is 4.60. The molecule has 2 nitrogen and oxygen atoms in total. The molecule has 0 amide bonds. The minimum absolute atomic E-state index is 0.0907. The van der Waals surface area contributed by atoms with Crippen LogP contribution in [0.3, 0.4) is 0 Å². The summed E-state index contributed by atoms with van der Waals surface area (Å²) in [6.45, 7) is 2.26. The van der Waals surface area contributed by atoms with Gasteiger partial charge in [0.1, 0.15) is 0 Å². The highest BCUT2D eigenvalue weighted by Crippen LogP contribution is 2.09. The van der Waals surface area contributed by atoms with E-state index in [2.05, 4.69) is 23.8 Å². The number of hydrogen-bond acceptors (Lipinski definition) is 2. The van der Waals surface area contributed by atoms with Gasteiger partial charge in [0.05, 0.1) is 7.11 Å². The molecule has 0 saturated heterocycles. The second-order valence-corrected chi connectivity index (χ2v) is 5.20. The van der Waals surface area contributed by atoms with E-state index in [0.29, 0.717) is 6.42 Å². The molecule has 0 aliphatic rings. The third-order valence-corrected chi connectivity index (χ3v) is 3.37. The highest BCUT2D eigenvalue weighted by Gasteiger charge is 1.97. The number of carbonyl (C=O) groups excluding carboxylic acids is 1. The maximum absolute atomic E-state index is 10.9. The van der Waals surface area contributed by atoms with Gasteiger partial charge in [-0.05, 0) is 32.1 Å². The summed E-state index contributed by atoms with van der Waals surface area (Å²) in [6, 6.07) is 0. The van der Waals surface area contributed by atoms with Crippen LogP contribution in [0.5, 0.6) is 0 Å². The van der Waals surface area contributed by atoms with Gasteiger partial charge in [0.2, 0.25) is 0 Å². The summed E-state index contributed by atoms with van der Waals surface area (Å²) in [4.78, 5) is 10.9. The third kappa shape index (κ3) is 15.2. The lowest BCUT2D eigenvalue weighted by Gasteiger charge is -1.99. The molecule has 0 radical (unpaired) electrons. The van der Waals surface area contributed by atoms with Crippen LogP contribution in [0.4, 0.5) is 0 Å². The first-order valence-electron chi connectivity index (χ1n) is 8.03. The number of methoxy groups -OCH3 is 1. The monoisotopic (exact) mass is 268 g/mol. The molecule has 0 bridgehead atoms. The number of hydrogen-bond donors (Lipinski definition) is 0. The molecule has 2 heteroatoms. The summed E-state index contributed by atoms with van der Waals surface area (Å²) in [5.74, 6) is -0.0907. The maximum atomic E-state index is 10.9. The first-order valence-corrected chi connectivity index (χ1v) is 8.03. The van der Waals surface area contributed by atoms with Gasteiger partial charge < -0.3 is 4.74 Å². The predicted molar refractivity (Wildman–Crippen MR) is 82.2 cm³/mol. The quantitative estimate of drug-likeness (QED) is 0.253. The Morgan fingerprint density at radius 3 is 1.95 bits per heavy atom. The molecule has 0 aromatic carbocycles. The van der Waals surface area contributed by atoms with Crippen LogP contribution in [0.1, 0.15) is 84.0 Å². The molecule has 0 aromatic rings. The molecule has 0 aliphatic heterocycles. The fraction of sp³-hybridized carbons (Fsp3) is 0.824. The van der Waals surface area contributed by atoms with Crippen LogP contribution in [0.25, 0.3) is 0 Å². The molecule has 19 heavy (non-hydrogen) atoms. The van der Waals surface area contributed by atoms with Crippen molar-refractivity contribution in [2.75, 3.05) is 7.11 Å². The van der Waals surface area contributed by atoms with Gasteiger partial charge in [0.15, 0.2) is 0 Å². The van der Waals surface area contributed by atoms with Crippen molar-refractivity contribution in [3.8, 4) is 0 Å². The Labute approximate surface area is 119 Å². The van der Waals surface area contributed by atoms with E-state index < -0.39 is 0 Å². The number of esters is 1. The molecule has 0 rings (SSSR count).